The Labute approximate surface area is 126 Å². The number of nitrogens with zero attached hydrogens (tertiary/aromatic N) is 4. The minimum atomic E-state index is 0.175. The molecular weight excluding hydrogens is 288 g/mol. The van der Waals surface area contributed by atoms with Crippen molar-refractivity contribution in [2.45, 2.75) is 19.9 Å². The molecule has 6 heteroatoms. The molecule has 0 saturated heterocycles. The molecule has 0 aliphatic carbocycles. The predicted molar refractivity (Wildman–Crippen MR) is 80.6 cm³/mol. The number of benzene rings is 1. The quantitative estimate of drug-likeness (QED) is 0.549. The second-order valence-electron chi connectivity index (χ2n) is 4.58. The van der Waals surface area contributed by atoms with E-state index in [1.54, 1.807) is 0 Å². The van der Waals surface area contributed by atoms with Crippen molar-refractivity contribution in [1.82, 2.24) is 19.5 Å². The summed E-state index contributed by atoms with van der Waals surface area (Å²) in [5.74, 6) is 0.858. The van der Waals surface area contributed by atoms with E-state index in [1.165, 1.54) is 6.33 Å². The lowest BCUT2D eigenvalue weighted by molar-refractivity contribution is 0.112. The summed E-state index contributed by atoms with van der Waals surface area (Å²) < 4.78 is 2.11. The Kier molecular flexibility index (Phi) is 3.66. The van der Waals surface area contributed by atoms with Crippen LogP contribution < -0.4 is 0 Å². The Balaban J connectivity index is 2.10. The van der Waals surface area contributed by atoms with Crippen LogP contribution in [0.2, 0.25) is 5.15 Å². The highest BCUT2D eigenvalue weighted by Gasteiger charge is 2.14. The average molecular weight is 301 g/mol. The van der Waals surface area contributed by atoms with Gasteiger partial charge in [0.25, 0.3) is 0 Å². The Hall–Kier alpha value is -2.27. The van der Waals surface area contributed by atoms with Gasteiger partial charge in [0.05, 0.1) is 22.3 Å². The van der Waals surface area contributed by atoms with Crippen molar-refractivity contribution in [1.29, 1.82) is 0 Å². The van der Waals surface area contributed by atoms with Crippen molar-refractivity contribution in [2.75, 3.05) is 0 Å². The molecule has 5 nitrogen and oxygen atoms in total. The zero-order valence-electron chi connectivity index (χ0n) is 11.5. The van der Waals surface area contributed by atoms with Crippen LogP contribution in [0.3, 0.4) is 0 Å². The summed E-state index contributed by atoms with van der Waals surface area (Å²) in [6, 6.07) is 7.94. The molecule has 106 valence electrons. The van der Waals surface area contributed by atoms with Gasteiger partial charge in [0, 0.05) is 13.0 Å². The summed E-state index contributed by atoms with van der Waals surface area (Å²) in [6.45, 7) is 2.86. The van der Waals surface area contributed by atoms with Crippen LogP contribution in [0.15, 0.2) is 30.6 Å². The van der Waals surface area contributed by atoms with Crippen molar-refractivity contribution in [3.05, 3.63) is 52.8 Å². The highest BCUT2D eigenvalue weighted by atomic mass is 35.5. The fourth-order valence-electron chi connectivity index (χ4n) is 2.43. The molecule has 0 fully saturated rings. The summed E-state index contributed by atoms with van der Waals surface area (Å²) in [7, 11) is 0. The van der Waals surface area contributed by atoms with Crippen molar-refractivity contribution in [3.8, 4) is 0 Å². The van der Waals surface area contributed by atoms with Gasteiger partial charge in [-0.15, -0.1) is 0 Å². The van der Waals surface area contributed by atoms with Crippen LogP contribution in [-0.2, 0) is 13.0 Å². The number of imidazole rings is 1. The smallest absolute Gasteiger partial charge is 0.155 e. The molecular formula is C15H13ClN4O. The molecule has 0 atom stereocenters. The molecule has 2 heterocycles. The average Bonchev–Trinajstić information content (AvgIpc) is 2.84. The molecule has 0 saturated carbocycles. The van der Waals surface area contributed by atoms with Gasteiger partial charge in [0.15, 0.2) is 6.29 Å². The number of aryl methyl sites for hydroxylation is 1. The van der Waals surface area contributed by atoms with Crippen molar-refractivity contribution in [3.63, 3.8) is 0 Å². The molecule has 0 bridgehead atoms. The van der Waals surface area contributed by atoms with E-state index in [0.717, 1.165) is 23.4 Å². The van der Waals surface area contributed by atoms with Crippen molar-refractivity contribution in [2.24, 2.45) is 0 Å². The lowest BCUT2D eigenvalue weighted by Crippen LogP contribution is -2.07. The predicted octanol–water partition coefficient (Wildman–Crippen LogP) is 2.90. The zero-order valence-corrected chi connectivity index (χ0v) is 12.2. The second-order valence-corrected chi connectivity index (χ2v) is 4.94. The first kappa shape index (κ1) is 13.7. The van der Waals surface area contributed by atoms with E-state index in [9.17, 15) is 4.79 Å². The molecule has 0 aliphatic rings. The number of para-hydroxylation sites is 2. The number of rotatable bonds is 4. The molecule has 0 spiro atoms. The molecule has 2 aromatic heterocycles. The van der Waals surface area contributed by atoms with Gasteiger partial charge < -0.3 is 4.57 Å². The molecule has 0 N–H and O–H groups in total. The maximum absolute atomic E-state index is 11.2. The van der Waals surface area contributed by atoms with E-state index in [-0.39, 0.29) is 5.15 Å². The molecule has 21 heavy (non-hydrogen) atoms. The van der Waals surface area contributed by atoms with Gasteiger partial charge in [-0.05, 0) is 19.1 Å². The van der Waals surface area contributed by atoms with Gasteiger partial charge in [-0.2, -0.15) is 0 Å². The standard InChI is InChI=1S/C15H13ClN4O/c1-2-20-13-6-4-3-5-11(13)19-14(20)7-12-10(8-21)15(16)18-9-17-12/h3-6,8-9H,2,7H2,1H3. The zero-order chi connectivity index (χ0) is 14.8. The van der Waals surface area contributed by atoms with E-state index in [1.807, 2.05) is 24.3 Å². The van der Waals surface area contributed by atoms with Gasteiger partial charge >= 0.3 is 0 Å². The van der Waals surface area contributed by atoms with E-state index in [4.69, 9.17) is 11.6 Å². The Morgan fingerprint density at radius 3 is 2.86 bits per heavy atom. The summed E-state index contributed by atoms with van der Waals surface area (Å²) >= 11 is 5.94. The molecule has 3 aromatic rings. The monoisotopic (exact) mass is 300 g/mol. The van der Waals surface area contributed by atoms with Crippen LogP contribution in [0.25, 0.3) is 11.0 Å². The molecule has 1 aromatic carbocycles. The topological polar surface area (TPSA) is 60.7 Å². The van der Waals surface area contributed by atoms with Crippen molar-refractivity contribution < 1.29 is 4.79 Å². The maximum atomic E-state index is 11.2. The summed E-state index contributed by atoms with van der Waals surface area (Å²) in [5, 5.41) is 0.175. The van der Waals surface area contributed by atoms with Crippen LogP contribution in [0.1, 0.15) is 28.8 Å². The molecule has 0 aliphatic heterocycles. The summed E-state index contributed by atoms with van der Waals surface area (Å²) in [6.07, 6.45) is 2.50. The van der Waals surface area contributed by atoms with Gasteiger partial charge in [-0.1, -0.05) is 23.7 Å². The number of carbonyl (C=O) groups is 1. The lowest BCUT2D eigenvalue weighted by Gasteiger charge is -2.07. The highest BCUT2D eigenvalue weighted by Crippen LogP contribution is 2.20. The largest absolute Gasteiger partial charge is 0.328 e. The molecule has 0 amide bonds. The molecule has 3 rings (SSSR count). The number of carbonyl (C=O) groups excluding carboxylic acids is 1. The SMILES string of the molecule is CCn1c(Cc2ncnc(Cl)c2C=O)nc2ccccc21. The van der Waals surface area contributed by atoms with Crippen LogP contribution in [0, 0.1) is 0 Å². The number of fused-ring (bicyclic) bond motifs is 1. The second kappa shape index (κ2) is 5.61. The minimum absolute atomic E-state index is 0.175. The fourth-order valence-corrected chi connectivity index (χ4v) is 2.63. The van der Waals surface area contributed by atoms with Gasteiger partial charge in [-0.25, -0.2) is 15.0 Å². The van der Waals surface area contributed by atoms with E-state index < -0.39 is 0 Å². The summed E-state index contributed by atoms with van der Waals surface area (Å²) in [4.78, 5) is 23.8. The normalized spacial score (nSPS) is 11.0. The van der Waals surface area contributed by atoms with E-state index in [2.05, 4.69) is 26.4 Å². The van der Waals surface area contributed by atoms with E-state index in [0.29, 0.717) is 24.0 Å². The first-order valence-electron chi connectivity index (χ1n) is 6.63. The Bertz CT molecular complexity index is 813. The fraction of sp³-hybridized carbons (Fsp3) is 0.200. The minimum Gasteiger partial charge on any atom is -0.328 e. The van der Waals surface area contributed by atoms with Crippen LogP contribution in [0.4, 0.5) is 0 Å². The van der Waals surface area contributed by atoms with Crippen LogP contribution in [0.5, 0.6) is 0 Å². The first-order chi connectivity index (χ1) is 10.2. The number of halogens is 1. The molecule has 0 unspecified atom stereocenters. The lowest BCUT2D eigenvalue weighted by atomic mass is 10.2. The number of hydrogen-bond acceptors (Lipinski definition) is 4. The number of hydrogen-bond donors (Lipinski definition) is 0. The van der Waals surface area contributed by atoms with Crippen molar-refractivity contribution >= 4 is 28.9 Å². The van der Waals surface area contributed by atoms with Gasteiger partial charge in [0.2, 0.25) is 0 Å². The third-order valence-electron chi connectivity index (χ3n) is 3.41. The third-order valence-corrected chi connectivity index (χ3v) is 3.71. The highest BCUT2D eigenvalue weighted by molar-refractivity contribution is 6.31. The van der Waals surface area contributed by atoms with Gasteiger partial charge in [0.1, 0.15) is 17.3 Å². The van der Waals surface area contributed by atoms with Crippen LogP contribution in [-0.4, -0.2) is 25.8 Å². The number of aldehydes is 1. The van der Waals surface area contributed by atoms with E-state index >= 15 is 0 Å². The number of aromatic nitrogens is 4. The summed E-state index contributed by atoms with van der Waals surface area (Å²) in [5.41, 5.74) is 2.92. The maximum Gasteiger partial charge on any atom is 0.155 e. The Morgan fingerprint density at radius 2 is 2.10 bits per heavy atom. The van der Waals surface area contributed by atoms with Crippen LogP contribution >= 0.6 is 11.6 Å². The molecule has 0 radical (unpaired) electrons. The first-order valence-corrected chi connectivity index (χ1v) is 7.01. The van der Waals surface area contributed by atoms with Gasteiger partial charge in [-0.3, -0.25) is 4.79 Å². The Morgan fingerprint density at radius 1 is 1.29 bits per heavy atom. The third kappa shape index (κ3) is 2.40.